The number of hydrogen-bond acceptors (Lipinski definition) is 10. The number of ether oxygens (including phenoxy) is 2. The number of nitrogens with zero attached hydrogens (tertiary/aromatic N) is 4. The average molecular weight is 501 g/mol. The van der Waals surface area contributed by atoms with Crippen molar-refractivity contribution in [3.8, 4) is 0 Å². The van der Waals surface area contributed by atoms with Gasteiger partial charge in [-0.3, -0.25) is 0 Å². The molecule has 5 rings (SSSR count). The summed E-state index contributed by atoms with van der Waals surface area (Å²) >= 11 is 1.55. The van der Waals surface area contributed by atoms with Gasteiger partial charge in [-0.2, -0.15) is 0 Å². The molecule has 0 unspecified atom stereocenters. The summed E-state index contributed by atoms with van der Waals surface area (Å²) in [7, 11) is 0. The lowest BCUT2D eigenvalue weighted by Gasteiger charge is -2.42. The Bertz CT molecular complexity index is 1030. The molecule has 2 aromatic heterocycles. The van der Waals surface area contributed by atoms with Gasteiger partial charge < -0.3 is 30.5 Å². The highest BCUT2D eigenvalue weighted by Gasteiger charge is 2.47. The van der Waals surface area contributed by atoms with E-state index in [4.69, 9.17) is 25.2 Å². The van der Waals surface area contributed by atoms with Crippen molar-refractivity contribution >= 4 is 23.4 Å². The van der Waals surface area contributed by atoms with Gasteiger partial charge in [0.05, 0.1) is 25.0 Å². The lowest BCUT2D eigenvalue weighted by atomic mass is 9.73. The fourth-order valence-electron chi connectivity index (χ4n) is 5.33. The molecule has 0 aliphatic carbocycles. The molecule has 3 fully saturated rings. The predicted octanol–water partition coefficient (Wildman–Crippen LogP) is 2.75. The molecule has 0 radical (unpaired) electrons. The van der Waals surface area contributed by atoms with Gasteiger partial charge >= 0.3 is 0 Å². The first-order valence-electron chi connectivity index (χ1n) is 12.6. The van der Waals surface area contributed by atoms with Crippen LogP contribution in [-0.4, -0.2) is 71.2 Å². The highest BCUT2D eigenvalue weighted by Crippen LogP contribution is 2.42. The Morgan fingerprint density at radius 2 is 2.03 bits per heavy atom. The first-order chi connectivity index (χ1) is 17.0. The van der Waals surface area contributed by atoms with Crippen LogP contribution in [0.3, 0.4) is 0 Å². The van der Waals surface area contributed by atoms with Gasteiger partial charge in [-0.1, -0.05) is 11.8 Å². The molecule has 35 heavy (non-hydrogen) atoms. The second-order valence-electron chi connectivity index (χ2n) is 9.94. The van der Waals surface area contributed by atoms with E-state index in [1.807, 2.05) is 25.3 Å². The summed E-state index contributed by atoms with van der Waals surface area (Å²) in [5.74, 6) is 1.64. The fourth-order valence-corrected chi connectivity index (χ4v) is 6.21. The minimum Gasteiger partial charge on any atom is -0.390 e. The first kappa shape index (κ1) is 24.7. The molecular formula is C25H36N6O3S. The van der Waals surface area contributed by atoms with Crippen LogP contribution in [0.15, 0.2) is 28.3 Å². The molecular weight excluding hydrogens is 464 g/mol. The van der Waals surface area contributed by atoms with Crippen LogP contribution in [0, 0.1) is 12.3 Å². The van der Waals surface area contributed by atoms with Gasteiger partial charge in [-0.25, -0.2) is 15.0 Å². The third kappa shape index (κ3) is 5.27. The van der Waals surface area contributed by atoms with Gasteiger partial charge in [-0.15, -0.1) is 0 Å². The Kier molecular flexibility index (Phi) is 7.45. The predicted molar refractivity (Wildman–Crippen MR) is 136 cm³/mol. The Labute approximate surface area is 211 Å². The molecule has 10 heteroatoms. The Morgan fingerprint density at radius 3 is 2.71 bits per heavy atom. The molecule has 0 amide bonds. The van der Waals surface area contributed by atoms with Gasteiger partial charge in [-0.05, 0) is 51.7 Å². The monoisotopic (exact) mass is 500 g/mol. The Morgan fingerprint density at radius 1 is 1.26 bits per heavy atom. The van der Waals surface area contributed by atoms with Gasteiger partial charge in [0, 0.05) is 54.9 Å². The molecule has 0 aromatic carbocycles. The van der Waals surface area contributed by atoms with Crippen LogP contribution in [0.25, 0.3) is 0 Å². The standard InChI is InChI=1S/C25H36N6O3S/c1-16-24(35-19-3-8-27-21(13-19)29-18-4-11-33-12-5-18)30-20(14-32)23(28-16)31-9-6-25(7-10-31)15-34-17(2)22(25)26/h3,8,13,17-18,22,32H,4-7,9-12,14-15,26H2,1-2H3,(H,27,29)/t17-,22+/m0/s1. The zero-order valence-corrected chi connectivity index (χ0v) is 21.4. The van der Waals surface area contributed by atoms with Crippen molar-refractivity contribution in [2.45, 2.75) is 74.2 Å². The summed E-state index contributed by atoms with van der Waals surface area (Å²) in [6, 6.07) is 4.48. The van der Waals surface area contributed by atoms with E-state index in [1.165, 1.54) is 0 Å². The Balaban J connectivity index is 1.28. The molecule has 1 spiro atoms. The van der Waals surface area contributed by atoms with Crippen LogP contribution < -0.4 is 16.0 Å². The van der Waals surface area contributed by atoms with Crippen molar-refractivity contribution in [2.75, 3.05) is 43.1 Å². The second kappa shape index (κ2) is 10.6. The second-order valence-corrected chi connectivity index (χ2v) is 11.0. The topological polar surface area (TPSA) is 119 Å². The summed E-state index contributed by atoms with van der Waals surface area (Å²) in [6.07, 6.45) is 5.81. The van der Waals surface area contributed by atoms with E-state index in [-0.39, 0.29) is 24.2 Å². The molecule has 0 bridgehead atoms. The SMILES string of the molecule is Cc1nc(N2CCC3(CC2)CO[C@@H](C)[C@H]3N)c(CO)nc1Sc1ccnc(NC2CCOCC2)c1. The molecule has 190 valence electrons. The van der Waals surface area contributed by atoms with E-state index in [0.717, 1.165) is 85.8 Å². The van der Waals surface area contributed by atoms with Crippen LogP contribution >= 0.6 is 11.8 Å². The number of hydrogen-bond donors (Lipinski definition) is 3. The van der Waals surface area contributed by atoms with Crippen molar-refractivity contribution in [1.29, 1.82) is 0 Å². The molecule has 3 aliphatic heterocycles. The van der Waals surface area contributed by atoms with Gasteiger partial charge in [0.15, 0.2) is 5.82 Å². The number of pyridine rings is 1. The van der Waals surface area contributed by atoms with Crippen LogP contribution in [0.5, 0.6) is 0 Å². The first-order valence-corrected chi connectivity index (χ1v) is 13.4. The van der Waals surface area contributed by atoms with E-state index in [0.29, 0.717) is 11.7 Å². The van der Waals surface area contributed by atoms with E-state index in [1.54, 1.807) is 11.8 Å². The highest BCUT2D eigenvalue weighted by atomic mass is 32.2. The van der Waals surface area contributed by atoms with E-state index < -0.39 is 0 Å². The molecule has 4 N–H and O–H groups in total. The summed E-state index contributed by atoms with van der Waals surface area (Å²) in [5, 5.41) is 14.4. The van der Waals surface area contributed by atoms with Crippen LogP contribution in [0.2, 0.25) is 0 Å². The maximum Gasteiger partial charge on any atom is 0.153 e. The smallest absolute Gasteiger partial charge is 0.153 e. The third-order valence-electron chi connectivity index (χ3n) is 7.65. The van der Waals surface area contributed by atoms with Gasteiger partial charge in [0.25, 0.3) is 0 Å². The lowest BCUT2D eigenvalue weighted by Crippen LogP contribution is -2.51. The van der Waals surface area contributed by atoms with Crippen molar-refractivity contribution in [1.82, 2.24) is 15.0 Å². The van der Waals surface area contributed by atoms with Crippen molar-refractivity contribution in [3.63, 3.8) is 0 Å². The number of nitrogens with one attached hydrogen (secondary N) is 1. The maximum absolute atomic E-state index is 10.1. The number of aliphatic hydroxyl groups is 1. The molecule has 2 aromatic rings. The minimum atomic E-state index is -0.148. The zero-order valence-electron chi connectivity index (χ0n) is 20.6. The number of aryl methyl sites for hydroxylation is 1. The fraction of sp³-hybridized carbons (Fsp3) is 0.640. The van der Waals surface area contributed by atoms with Gasteiger partial charge in [0.2, 0.25) is 0 Å². The molecule has 0 saturated carbocycles. The lowest BCUT2D eigenvalue weighted by molar-refractivity contribution is 0.0904. The third-order valence-corrected chi connectivity index (χ3v) is 8.72. The van der Waals surface area contributed by atoms with Crippen LogP contribution in [0.4, 0.5) is 11.6 Å². The number of aromatic nitrogens is 3. The largest absolute Gasteiger partial charge is 0.390 e. The quantitative estimate of drug-likeness (QED) is 0.546. The summed E-state index contributed by atoms with van der Waals surface area (Å²) < 4.78 is 11.3. The molecule has 5 heterocycles. The molecule has 3 aliphatic rings. The van der Waals surface area contributed by atoms with Gasteiger partial charge in [0.1, 0.15) is 16.5 Å². The van der Waals surface area contributed by atoms with Crippen LogP contribution in [0.1, 0.15) is 44.0 Å². The zero-order chi connectivity index (χ0) is 24.4. The molecule has 2 atom stereocenters. The van der Waals surface area contributed by atoms with Crippen molar-refractivity contribution in [2.24, 2.45) is 11.1 Å². The van der Waals surface area contributed by atoms with E-state index >= 15 is 0 Å². The van der Waals surface area contributed by atoms with Crippen molar-refractivity contribution < 1.29 is 14.6 Å². The number of nitrogens with two attached hydrogens (primary N) is 1. The van der Waals surface area contributed by atoms with Crippen LogP contribution in [-0.2, 0) is 16.1 Å². The molecule has 9 nitrogen and oxygen atoms in total. The highest BCUT2D eigenvalue weighted by molar-refractivity contribution is 7.99. The van der Waals surface area contributed by atoms with Crippen molar-refractivity contribution in [3.05, 3.63) is 29.7 Å². The summed E-state index contributed by atoms with van der Waals surface area (Å²) in [5.41, 5.74) is 8.00. The minimum absolute atomic E-state index is 0.0469. The number of anilines is 2. The number of piperidine rings is 1. The normalized spacial score (nSPS) is 24.7. The number of aliphatic hydroxyl groups excluding tert-OH is 1. The molecule has 3 saturated heterocycles. The van der Waals surface area contributed by atoms with E-state index in [2.05, 4.69) is 22.1 Å². The summed E-state index contributed by atoms with van der Waals surface area (Å²) in [4.78, 5) is 17.5. The maximum atomic E-state index is 10.1. The van der Waals surface area contributed by atoms with E-state index in [9.17, 15) is 5.11 Å². The average Bonchev–Trinajstić information content (AvgIpc) is 3.15. The Hall–Kier alpha value is -1.98. The number of rotatable bonds is 6. The summed E-state index contributed by atoms with van der Waals surface area (Å²) in [6.45, 7) is 7.87.